The Morgan fingerprint density at radius 2 is 2.18 bits per heavy atom. The summed E-state index contributed by atoms with van der Waals surface area (Å²) in [6.45, 7) is 2.44. The van der Waals surface area contributed by atoms with Crippen LogP contribution in [0.3, 0.4) is 0 Å². The number of imidazole rings is 1. The Hall–Kier alpha value is -1.85. The van der Waals surface area contributed by atoms with Crippen LogP contribution < -0.4 is 10.6 Å². The van der Waals surface area contributed by atoms with Gasteiger partial charge in [-0.15, -0.1) is 0 Å². The number of aromatic nitrogens is 2. The van der Waals surface area contributed by atoms with Gasteiger partial charge in [0.1, 0.15) is 5.82 Å². The lowest BCUT2D eigenvalue weighted by molar-refractivity contribution is -0.121. The van der Waals surface area contributed by atoms with E-state index in [0.29, 0.717) is 19.5 Å². The quantitative estimate of drug-likeness (QED) is 0.584. The van der Waals surface area contributed by atoms with Gasteiger partial charge in [-0.05, 0) is 6.42 Å². The molecule has 0 spiro atoms. The Balaban J connectivity index is 1.98. The highest BCUT2D eigenvalue weighted by atomic mass is 16.2. The number of hydrogen-bond donors (Lipinski definition) is 3. The predicted molar refractivity (Wildman–Crippen MR) is 63.2 cm³/mol. The Kier molecular flexibility index (Phi) is 5.77. The number of amides is 2. The maximum absolute atomic E-state index is 11.3. The summed E-state index contributed by atoms with van der Waals surface area (Å²) in [5.74, 6) is 0.770. The summed E-state index contributed by atoms with van der Waals surface area (Å²) in [6, 6.07) is 0. The lowest BCUT2D eigenvalue weighted by atomic mass is 10.3. The molecule has 1 rings (SSSR count). The van der Waals surface area contributed by atoms with Gasteiger partial charge in [-0.3, -0.25) is 9.59 Å². The molecule has 6 heteroatoms. The molecule has 0 saturated carbocycles. The first-order valence-electron chi connectivity index (χ1n) is 5.68. The van der Waals surface area contributed by atoms with Crippen molar-refractivity contribution in [2.75, 3.05) is 13.1 Å². The molecule has 1 aromatic heterocycles. The summed E-state index contributed by atoms with van der Waals surface area (Å²) in [7, 11) is 0. The van der Waals surface area contributed by atoms with Gasteiger partial charge in [-0.2, -0.15) is 0 Å². The minimum atomic E-state index is -0.115. The van der Waals surface area contributed by atoms with Crippen LogP contribution in [-0.2, 0) is 16.0 Å². The van der Waals surface area contributed by atoms with Crippen LogP contribution in [0.1, 0.15) is 25.6 Å². The van der Waals surface area contributed by atoms with Crippen LogP contribution in [-0.4, -0.2) is 34.9 Å². The first kappa shape index (κ1) is 13.2. The van der Waals surface area contributed by atoms with Crippen molar-refractivity contribution in [3.8, 4) is 0 Å². The van der Waals surface area contributed by atoms with Gasteiger partial charge in [0, 0.05) is 45.2 Å². The molecule has 1 aromatic rings. The van der Waals surface area contributed by atoms with Crippen LogP contribution in [0, 0.1) is 0 Å². The molecule has 0 unspecified atom stereocenters. The third kappa shape index (κ3) is 6.34. The smallest absolute Gasteiger partial charge is 0.221 e. The molecule has 0 atom stereocenters. The number of H-pyrrole nitrogens is 1. The molecule has 0 fully saturated rings. The van der Waals surface area contributed by atoms with Gasteiger partial charge in [0.2, 0.25) is 11.8 Å². The molecule has 0 aliphatic heterocycles. The molecule has 0 bridgehead atoms. The zero-order valence-electron chi connectivity index (χ0n) is 9.95. The van der Waals surface area contributed by atoms with E-state index in [9.17, 15) is 9.59 Å². The molecule has 6 nitrogen and oxygen atoms in total. The average molecular weight is 238 g/mol. The van der Waals surface area contributed by atoms with Gasteiger partial charge >= 0.3 is 0 Å². The van der Waals surface area contributed by atoms with Crippen LogP contribution in [0.4, 0.5) is 0 Å². The lowest BCUT2D eigenvalue weighted by Gasteiger charge is -2.04. The van der Waals surface area contributed by atoms with Crippen molar-refractivity contribution in [1.29, 1.82) is 0 Å². The van der Waals surface area contributed by atoms with E-state index in [2.05, 4.69) is 20.6 Å². The van der Waals surface area contributed by atoms with Crippen molar-refractivity contribution < 1.29 is 9.59 Å². The molecule has 0 saturated heterocycles. The predicted octanol–water partition coefficient (Wildman–Crippen LogP) is -0.0153. The van der Waals surface area contributed by atoms with Crippen molar-refractivity contribution in [2.24, 2.45) is 0 Å². The maximum atomic E-state index is 11.3. The second kappa shape index (κ2) is 7.43. The highest BCUT2D eigenvalue weighted by molar-refractivity contribution is 5.77. The average Bonchev–Trinajstić information content (AvgIpc) is 2.76. The Bertz CT molecular complexity index is 348. The number of nitrogens with one attached hydrogen (secondary N) is 3. The highest BCUT2D eigenvalue weighted by Crippen LogP contribution is 1.93. The van der Waals surface area contributed by atoms with Crippen molar-refractivity contribution in [1.82, 2.24) is 20.6 Å². The van der Waals surface area contributed by atoms with E-state index in [1.54, 1.807) is 12.4 Å². The standard InChI is InChI=1S/C11H18N4O2/c1-9(16)12-6-4-11(17)15-5-2-3-10-13-7-8-14-10/h7-8H,2-6H2,1H3,(H,12,16)(H,13,14)(H,15,17). The topological polar surface area (TPSA) is 86.9 Å². The van der Waals surface area contributed by atoms with E-state index in [1.165, 1.54) is 6.92 Å². The largest absolute Gasteiger partial charge is 0.356 e. The molecule has 0 aromatic carbocycles. The highest BCUT2D eigenvalue weighted by Gasteiger charge is 2.01. The lowest BCUT2D eigenvalue weighted by Crippen LogP contribution is -2.30. The summed E-state index contributed by atoms with van der Waals surface area (Å²) in [6.07, 6.45) is 5.47. The van der Waals surface area contributed by atoms with Gasteiger partial charge in [0.05, 0.1) is 0 Å². The molecule has 2 amide bonds. The van der Waals surface area contributed by atoms with Crippen LogP contribution in [0.5, 0.6) is 0 Å². The molecule has 0 radical (unpaired) electrons. The zero-order valence-corrected chi connectivity index (χ0v) is 9.95. The van der Waals surface area contributed by atoms with Crippen molar-refractivity contribution >= 4 is 11.8 Å². The molecule has 17 heavy (non-hydrogen) atoms. The van der Waals surface area contributed by atoms with Gasteiger partial charge in [0.15, 0.2) is 0 Å². The molecule has 1 heterocycles. The summed E-state index contributed by atoms with van der Waals surface area (Å²) in [4.78, 5) is 29.0. The summed E-state index contributed by atoms with van der Waals surface area (Å²) in [5.41, 5.74) is 0. The Morgan fingerprint density at radius 1 is 1.35 bits per heavy atom. The van der Waals surface area contributed by atoms with Crippen LogP contribution in [0.15, 0.2) is 12.4 Å². The third-order valence-electron chi connectivity index (χ3n) is 2.19. The van der Waals surface area contributed by atoms with Gasteiger partial charge in [0.25, 0.3) is 0 Å². The number of carbonyl (C=O) groups excluding carboxylic acids is 2. The second-order valence-corrected chi connectivity index (χ2v) is 3.72. The fourth-order valence-corrected chi connectivity index (χ4v) is 1.36. The first-order chi connectivity index (χ1) is 8.18. The molecule has 3 N–H and O–H groups in total. The number of hydrogen-bond acceptors (Lipinski definition) is 3. The maximum Gasteiger partial charge on any atom is 0.221 e. The first-order valence-corrected chi connectivity index (χ1v) is 5.68. The van der Waals surface area contributed by atoms with E-state index >= 15 is 0 Å². The number of aryl methyl sites for hydroxylation is 1. The number of nitrogens with zero attached hydrogens (tertiary/aromatic N) is 1. The minimum Gasteiger partial charge on any atom is -0.356 e. The van der Waals surface area contributed by atoms with Gasteiger partial charge in [-0.25, -0.2) is 4.98 Å². The van der Waals surface area contributed by atoms with Crippen LogP contribution in [0.2, 0.25) is 0 Å². The van der Waals surface area contributed by atoms with Gasteiger partial charge in [-0.1, -0.05) is 0 Å². The zero-order chi connectivity index (χ0) is 12.5. The fraction of sp³-hybridized carbons (Fsp3) is 0.545. The van der Waals surface area contributed by atoms with E-state index < -0.39 is 0 Å². The summed E-state index contributed by atoms with van der Waals surface area (Å²) < 4.78 is 0. The van der Waals surface area contributed by atoms with Crippen LogP contribution >= 0.6 is 0 Å². The normalized spacial score (nSPS) is 9.94. The van der Waals surface area contributed by atoms with E-state index in [4.69, 9.17) is 0 Å². The van der Waals surface area contributed by atoms with Crippen molar-refractivity contribution in [3.63, 3.8) is 0 Å². The molecular formula is C11H18N4O2. The molecule has 94 valence electrons. The molecule has 0 aliphatic carbocycles. The summed E-state index contributed by atoms with van der Waals surface area (Å²) >= 11 is 0. The van der Waals surface area contributed by atoms with E-state index in [-0.39, 0.29) is 11.8 Å². The number of aromatic amines is 1. The second-order valence-electron chi connectivity index (χ2n) is 3.72. The minimum absolute atomic E-state index is 0.0433. The van der Waals surface area contributed by atoms with Gasteiger partial charge < -0.3 is 15.6 Å². The fourth-order valence-electron chi connectivity index (χ4n) is 1.36. The molecular weight excluding hydrogens is 220 g/mol. The monoisotopic (exact) mass is 238 g/mol. The number of carbonyl (C=O) groups is 2. The van der Waals surface area contributed by atoms with E-state index in [0.717, 1.165) is 18.7 Å². The summed E-state index contributed by atoms with van der Waals surface area (Å²) in [5, 5.41) is 5.36. The number of rotatable bonds is 7. The van der Waals surface area contributed by atoms with Crippen LogP contribution in [0.25, 0.3) is 0 Å². The van der Waals surface area contributed by atoms with Crippen molar-refractivity contribution in [2.45, 2.75) is 26.2 Å². The SMILES string of the molecule is CC(=O)NCCC(=O)NCCCc1ncc[nH]1. The van der Waals surface area contributed by atoms with E-state index in [1.807, 2.05) is 0 Å². The Labute approximate surface area is 100 Å². The third-order valence-corrected chi connectivity index (χ3v) is 2.19. The molecule has 0 aliphatic rings. The van der Waals surface area contributed by atoms with Crippen molar-refractivity contribution in [3.05, 3.63) is 18.2 Å². The Morgan fingerprint density at radius 3 is 2.82 bits per heavy atom.